The van der Waals surface area contributed by atoms with Gasteiger partial charge in [-0.25, -0.2) is 0 Å². The maximum Gasteiger partial charge on any atom is 0.232 e. The summed E-state index contributed by atoms with van der Waals surface area (Å²) in [5.74, 6) is 1.70. The van der Waals surface area contributed by atoms with Gasteiger partial charge in [0.05, 0.1) is 11.1 Å². The van der Waals surface area contributed by atoms with Gasteiger partial charge in [-0.2, -0.15) is 0 Å². The van der Waals surface area contributed by atoms with Gasteiger partial charge in [-0.05, 0) is 53.8 Å². The van der Waals surface area contributed by atoms with Gasteiger partial charge in [0, 0.05) is 12.6 Å². The largest absolute Gasteiger partial charge is 0.478 e. The zero-order valence-corrected chi connectivity index (χ0v) is 20.4. The Hall–Kier alpha value is -4.15. The van der Waals surface area contributed by atoms with Gasteiger partial charge in [-0.15, -0.1) is 0 Å². The third-order valence-electron chi connectivity index (χ3n) is 7.10. The Morgan fingerprint density at radius 2 is 1.56 bits per heavy atom. The van der Waals surface area contributed by atoms with Crippen LogP contribution in [0.3, 0.4) is 0 Å². The summed E-state index contributed by atoms with van der Waals surface area (Å²) in [6.07, 6.45) is 1.83. The fraction of sp³-hybridized carbons (Fsp3) is 0.156. The standard InChI is InChI=1S/C32H27NO3/c1-21-17-28-27(19-33(20-35-28)22(2)24-9-5-3-6-10-24)32-30(21)31(34)29(36-32)18-23-13-15-26(16-14-23)25-11-7-4-8-12-25/h3-18,22H,19-20H2,1-2H3/b29-18-. The third kappa shape index (κ3) is 4.00. The van der Waals surface area contributed by atoms with Crippen LogP contribution >= 0.6 is 0 Å². The van der Waals surface area contributed by atoms with Crippen LogP contribution in [0.15, 0.2) is 96.8 Å². The van der Waals surface area contributed by atoms with E-state index in [1.165, 1.54) is 5.56 Å². The van der Waals surface area contributed by atoms with E-state index in [1.54, 1.807) is 0 Å². The second-order valence-corrected chi connectivity index (χ2v) is 9.41. The molecule has 0 bridgehead atoms. The van der Waals surface area contributed by atoms with Gasteiger partial charge >= 0.3 is 0 Å². The molecule has 0 spiro atoms. The highest BCUT2D eigenvalue weighted by molar-refractivity contribution is 6.16. The van der Waals surface area contributed by atoms with E-state index >= 15 is 0 Å². The number of ether oxygens (including phenoxy) is 2. The lowest BCUT2D eigenvalue weighted by Gasteiger charge is -2.34. The highest BCUT2D eigenvalue weighted by Crippen LogP contribution is 2.45. The monoisotopic (exact) mass is 473 g/mol. The molecule has 0 N–H and O–H groups in total. The summed E-state index contributed by atoms with van der Waals surface area (Å²) in [6.45, 7) is 5.26. The summed E-state index contributed by atoms with van der Waals surface area (Å²) in [4.78, 5) is 15.6. The van der Waals surface area contributed by atoms with Crippen LogP contribution in [-0.2, 0) is 6.54 Å². The van der Waals surface area contributed by atoms with Crippen LogP contribution in [0.5, 0.6) is 11.5 Å². The average Bonchev–Trinajstić information content (AvgIpc) is 3.26. The van der Waals surface area contributed by atoms with Crippen molar-refractivity contribution in [3.8, 4) is 22.6 Å². The molecule has 4 nitrogen and oxygen atoms in total. The highest BCUT2D eigenvalue weighted by atomic mass is 16.5. The Labute approximate surface area is 211 Å². The zero-order chi connectivity index (χ0) is 24.6. The van der Waals surface area contributed by atoms with Crippen molar-refractivity contribution < 1.29 is 14.3 Å². The van der Waals surface area contributed by atoms with Crippen LogP contribution < -0.4 is 9.47 Å². The van der Waals surface area contributed by atoms with E-state index in [0.717, 1.165) is 33.6 Å². The summed E-state index contributed by atoms with van der Waals surface area (Å²) >= 11 is 0. The SMILES string of the molecule is Cc1cc2c(c3c1C(=O)/C(=C/c1ccc(-c4ccccc4)cc1)O3)CN(C(C)c1ccccc1)CO2. The lowest BCUT2D eigenvalue weighted by atomic mass is 9.97. The molecule has 0 aliphatic carbocycles. The zero-order valence-electron chi connectivity index (χ0n) is 20.4. The summed E-state index contributed by atoms with van der Waals surface area (Å²) < 4.78 is 12.4. The van der Waals surface area contributed by atoms with E-state index in [9.17, 15) is 4.79 Å². The number of rotatable bonds is 4. The maximum atomic E-state index is 13.4. The van der Waals surface area contributed by atoms with Crippen molar-refractivity contribution in [3.05, 3.63) is 125 Å². The van der Waals surface area contributed by atoms with E-state index in [1.807, 2.05) is 55.5 Å². The number of allylic oxidation sites excluding steroid dienone is 1. The normalized spacial score (nSPS) is 16.7. The predicted molar refractivity (Wildman–Crippen MR) is 142 cm³/mol. The number of hydrogen-bond donors (Lipinski definition) is 0. The van der Waals surface area contributed by atoms with E-state index in [-0.39, 0.29) is 11.8 Å². The van der Waals surface area contributed by atoms with Crippen LogP contribution in [0, 0.1) is 6.92 Å². The third-order valence-corrected chi connectivity index (χ3v) is 7.10. The molecule has 1 atom stereocenters. The van der Waals surface area contributed by atoms with Gasteiger partial charge in [-0.1, -0.05) is 84.9 Å². The summed E-state index contributed by atoms with van der Waals surface area (Å²) in [5, 5.41) is 0. The number of Topliss-reactive ketones (excluding diaryl/α,β-unsaturated/α-hetero) is 1. The Balaban J connectivity index is 1.29. The number of hydrogen-bond acceptors (Lipinski definition) is 4. The molecule has 6 rings (SSSR count). The van der Waals surface area contributed by atoms with Crippen molar-refractivity contribution in [3.63, 3.8) is 0 Å². The highest BCUT2D eigenvalue weighted by Gasteiger charge is 2.36. The fourth-order valence-corrected chi connectivity index (χ4v) is 4.99. The minimum absolute atomic E-state index is 0.0781. The number of benzene rings is 4. The van der Waals surface area contributed by atoms with Gasteiger partial charge in [0.2, 0.25) is 5.78 Å². The quantitative estimate of drug-likeness (QED) is 0.294. The lowest BCUT2D eigenvalue weighted by Crippen LogP contribution is -2.34. The van der Waals surface area contributed by atoms with Crippen molar-refractivity contribution >= 4 is 11.9 Å². The number of aryl methyl sites for hydroxylation is 1. The van der Waals surface area contributed by atoms with Crippen LogP contribution in [0.4, 0.5) is 0 Å². The molecule has 0 aromatic heterocycles. The molecule has 4 aromatic rings. The Morgan fingerprint density at radius 3 is 2.28 bits per heavy atom. The lowest BCUT2D eigenvalue weighted by molar-refractivity contribution is 0.0605. The first-order valence-corrected chi connectivity index (χ1v) is 12.3. The second-order valence-electron chi connectivity index (χ2n) is 9.41. The summed E-state index contributed by atoms with van der Waals surface area (Å²) in [5.41, 5.74) is 6.89. The predicted octanol–water partition coefficient (Wildman–Crippen LogP) is 7.19. The van der Waals surface area contributed by atoms with Crippen molar-refractivity contribution in [2.24, 2.45) is 0 Å². The van der Waals surface area contributed by atoms with E-state index < -0.39 is 0 Å². The fourth-order valence-electron chi connectivity index (χ4n) is 4.99. The molecule has 0 saturated heterocycles. The molecule has 36 heavy (non-hydrogen) atoms. The maximum absolute atomic E-state index is 13.4. The van der Waals surface area contributed by atoms with Gasteiger partial charge < -0.3 is 9.47 Å². The van der Waals surface area contributed by atoms with Crippen LogP contribution in [0.2, 0.25) is 0 Å². The molecule has 0 amide bonds. The Kier molecular flexibility index (Phi) is 5.67. The first-order valence-electron chi connectivity index (χ1n) is 12.3. The minimum atomic E-state index is -0.0781. The number of fused-ring (bicyclic) bond motifs is 3. The molecule has 0 fully saturated rings. The Morgan fingerprint density at radius 1 is 0.889 bits per heavy atom. The number of nitrogens with zero attached hydrogens (tertiary/aromatic N) is 1. The van der Waals surface area contributed by atoms with Gasteiger partial charge in [0.15, 0.2) is 5.76 Å². The topological polar surface area (TPSA) is 38.8 Å². The molecular weight excluding hydrogens is 446 g/mol. The van der Waals surface area contributed by atoms with E-state index in [0.29, 0.717) is 30.3 Å². The molecule has 2 heterocycles. The molecule has 2 aliphatic rings. The molecule has 4 heteroatoms. The van der Waals surface area contributed by atoms with E-state index in [2.05, 4.69) is 60.4 Å². The van der Waals surface area contributed by atoms with Crippen LogP contribution in [0.1, 0.15) is 45.6 Å². The molecule has 1 unspecified atom stereocenters. The van der Waals surface area contributed by atoms with Crippen molar-refractivity contribution in [1.82, 2.24) is 4.90 Å². The van der Waals surface area contributed by atoms with Gasteiger partial charge in [0.25, 0.3) is 0 Å². The first-order chi connectivity index (χ1) is 17.6. The molecule has 2 aliphatic heterocycles. The van der Waals surface area contributed by atoms with Crippen molar-refractivity contribution in [2.75, 3.05) is 6.73 Å². The minimum Gasteiger partial charge on any atom is -0.478 e. The van der Waals surface area contributed by atoms with Gasteiger partial charge in [0.1, 0.15) is 18.2 Å². The van der Waals surface area contributed by atoms with Gasteiger partial charge in [-0.3, -0.25) is 9.69 Å². The average molecular weight is 474 g/mol. The number of carbonyl (C=O) groups is 1. The second kappa shape index (κ2) is 9.14. The smallest absolute Gasteiger partial charge is 0.232 e. The molecule has 178 valence electrons. The first kappa shape index (κ1) is 22.3. The van der Waals surface area contributed by atoms with Crippen LogP contribution in [-0.4, -0.2) is 17.4 Å². The van der Waals surface area contributed by atoms with Crippen molar-refractivity contribution in [2.45, 2.75) is 26.4 Å². The Bertz CT molecular complexity index is 1460. The van der Waals surface area contributed by atoms with Crippen molar-refractivity contribution in [1.29, 1.82) is 0 Å². The van der Waals surface area contributed by atoms with Crippen LogP contribution in [0.25, 0.3) is 17.2 Å². The number of ketones is 1. The number of carbonyl (C=O) groups excluding carboxylic acids is 1. The van der Waals surface area contributed by atoms with E-state index in [4.69, 9.17) is 9.47 Å². The molecule has 4 aromatic carbocycles. The summed E-state index contributed by atoms with van der Waals surface area (Å²) in [6, 6.07) is 30.9. The molecule has 0 radical (unpaired) electrons. The molecular formula is C32H27NO3. The summed E-state index contributed by atoms with van der Waals surface area (Å²) in [7, 11) is 0. The molecule has 0 saturated carbocycles.